The van der Waals surface area contributed by atoms with E-state index in [2.05, 4.69) is 99.5 Å². The van der Waals surface area contributed by atoms with Gasteiger partial charge in [0.25, 0.3) is 0 Å². The quantitative estimate of drug-likeness (QED) is 0.222. The molecule has 0 aromatic heterocycles. The Balaban J connectivity index is 1.08. The van der Waals surface area contributed by atoms with Crippen molar-refractivity contribution in [2.75, 3.05) is 30.3 Å². The van der Waals surface area contributed by atoms with Gasteiger partial charge < -0.3 is 15.0 Å². The number of benzene rings is 3. The Morgan fingerprint density at radius 3 is 2.17 bits per heavy atom. The first-order valence-electron chi connectivity index (χ1n) is 12.8. The maximum absolute atomic E-state index is 6.31. The molecule has 0 amide bonds. The summed E-state index contributed by atoms with van der Waals surface area (Å²) in [4.78, 5) is 2.65. The molecule has 1 aliphatic carbocycles. The lowest BCUT2D eigenvalue weighted by molar-refractivity contribution is 0.114. The molecule has 2 atom stereocenters. The summed E-state index contributed by atoms with van der Waals surface area (Å²) in [5.74, 6) is 2.13. The Kier molecular flexibility index (Phi) is 7.90. The van der Waals surface area contributed by atoms with Crippen LogP contribution >= 0.6 is 15.9 Å². The van der Waals surface area contributed by atoms with Crippen LogP contribution in [0.5, 0.6) is 0 Å². The Morgan fingerprint density at radius 1 is 0.857 bits per heavy atom. The summed E-state index contributed by atoms with van der Waals surface area (Å²) in [6.45, 7) is 7.74. The average molecular weight is 532 g/mol. The Hall–Kier alpha value is -2.56. The van der Waals surface area contributed by atoms with Crippen molar-refractivity contribution in [3.63, 3.8) is 0 Å². The van der Waals surface area contributed by atoms with Gasteiger partial charge in [0.1, 0.15) is 6.10 Å². The van der Waals surface area contributed by atoms with Crippen molar-refractivity contribution >= 4 is 21.6 Å². The molecule has 0 bridgehead atoms. The van der Waals surface area contributed by atoms with Crippen molar-refractivity contribution in [1.82, 2.24) is 4.90 Å². The largest absolute Gasteiger partial charge is 0.476 e. The normalized spacial score (nSPS) is 21.6. The highest BCUT2D eigenvalue weighted by Crippen LogP contribution is 2.40. The molecular formula is C31H35BrN2O. The van der Waals surface area contributed by atoms with E-state index in [1.165, 1.54) is 29.8 Å². The molecule has 4 heteroatoms. The van der Waals surface area contributed by atoms with Gasteiger partial charge >= 0.3 is 0 Å². The number of rotatable bonds is 10. The van der Waals surface area contributed by atoms with Crippen molar-refractivity contribution in [2.45, 2.75) is 31.8 Å². The minimum absolute atomic E-state index is 0.262. The molecule has 1 N–H and O–H groups in total. The number of para-hydroxylation sites is 1. The molecule has 182 valence electrons. The van der Waals surface area contributed by atoms with Crippen LogP contribution in [0.2, 0.25) is 0 Å². The molecule has 35 heavy (non-hydrogen) atoms. The van der Waals surface area contributed by atoms with Gasteiger partial charge in [-0.05, 0) is 66.9 Å². The Morgan fingerprint density at radius 2 is 1.49 bits per heavy atom. The van der Waals surface area contributed by atoms with Crippen LogP contribution in [0.25, 0.3) is 11.1 Å². The third-order valence-corrected chi connectivity index (χ3v) is 7.90. The molecule has 2 unspecified atom stereocenters. The summed E-state index contributed by atoms with van der Waals surface area (Å²) in [7, 11) is 0. The lowest BCUT2D eigenvalue weighted by atomic mass is 10.0. The molecule has 2 fully saturated rings. The third kappa shape index (κ3) is 6.17. The van der Waals surface area contributed by atoms with E-state index in [9.17, 15) is 0 Å². The van der Waals surface area contributed by atoms with Gasteiger partial charge in [-0.15, -0.1) is 0 Å². The van der Waals surface area contributed by atoms with Crippen molar-refractivity contribution in [3.8, 4) is 11.1 Å². The number of nitrogens with zero attached hydrogens (tertiary/aromatic N) is 1. The number of anilines is 1. The van der Waals surface area contributed by atoms with Gasteiger partial charge in [0.15, 0.2) is 5.88 Å². The number of nitrogens with one attached hydrogen (secondary N) is 1. The fraction of sp³-hybridized carbons (Fsp3) is 0.355. The molecule has 3 aromatic rings. The average Bonchev–Trinajstić information content (AvgIpc) is 3.43. The number of aryl methyl sites for hydroxylation is 1. The van der Waals surface area contributed by atoms with Gasteiger partial charge in [-0.25, -0.2) is 0 Å². The smallest absolute Gasteiger partial charge is 0.183 e. The summed E-state index contributed by atoms with van der Waals surface area (Å²) in [6.07, 6.45) is 4.75. The van der Waals surface area contributed by atoms with Gasteiger partial charge in [0.2, 0.25) is 0 Å². The monoisotopic (exact) mass is 530 g/mol. The van der Waals surface area contributed by atoms with Gasteiger partial charge in [-0.2, -0.15) is 0 Å². The fourth-order valence-corrected chi connectivity index (χ4v) is 6.19. The van der Waals surface area contributed by atoms with Crippen LogP contribution in [-0.2, 0) is 17.6 Å². The van der Waals surface area contributed by atoms with Crippen LogP contribution in [0.1, 0.15) is 24.0 Å². The highest BCUT2D eigenvalue weighted by Gasteiger charge is 2.41. The van der Waals surface area contributed by atoms with Crippen LogP contribution < -0.4 is 5.32 Å². The van der Waals surface area contributed by atoms with Crippen LogP contribution in [-0.4, -0.2) is 36.0 Å². The minimum atomic E-state index is 0.262. The summed E-state index contributed by atoms with van der Waals surface area (Å²) >= 11 is 3.52. The zero-order chi connectivity index (χ0) is 24.0. The lowest BCUT2D eigenvalue weighted by Crippen LogP contribution is -2.26. The highest BCUT2D eigenvalue weighted by molar-refractivity contribution is 9.09. The van der Waals surface area contributed by atoms with E-state index in [1.807, 2.05) is 12.1 Å². The van der Waals surface area contributed by atoms with E-state index in [0.717, 1.165) is 60.6 Å². The summed E-state index contributed by atoms with van der Waals surface area (Å²) < 4.78 is 6.31. The van der Waals surface area contributed by atoms with Gasteiger partial charge in [0, 0.05) is 36.2 Å². The number of likely N-dealkylation sites (tertiary alicyclic amines) is 1. The molecule has 0 radical (unpaired) electrons. The molecule has 5 rings (SSSR count). The molecule has 1 aliphatic heterocycles. The van der Waals surface area contributed by atoms with Crippen LogP contribution in [0.4, 0.5) is 5.69 Å². The van der Waals surface area contributed by atoms with Crippen molar-refractivity contribution < 1.29 is 4.74 Å². The maximum atomic E-state index is 6.31. The SMILES string of the molecule is C=C(Nc1ccccc1-c1ccccc1)OC1CC2CN(CCc3ccc(CCBr)cc3)CC2C1. The van der Waals surface area contributed by atoms with E-state index in [-0.39, 0.29) is 6.10 Å². The Bertz CT molecular complexity index is 1100. The molecule has 3 aromatic carbocycles. The first-order chi connectivity index (χ1) is 17.2. The molecular weight excluding hydrogens is 496 g/mol. The fourth-order valence-electron chi connectivity index (χ4n) is 5.73. The minimum Gasteiger partial charge on any atom is -0.476 e. The van der Waals surface area contributed by atoms with Crippen molar-refractivity contribution in [1.29, 1.82) is 0 Å². The second-order valence-electron chi connectivity index (χ2n) is 9.96. The second-order valence-corrected chi connectivity index (χ2v) is 10.7. The zero-order valence-electron chi connectivity index (χ0n) is 20.3. The van der Waals surface area contributed by atoms with Gasteiger partial charge in [-0.1, -0.05) is 88.7 Å². The molecule has 1 saturated heterocycles. The zero-order valence-corrected chi connectivity index (χ0v) is 21.9. The van der Waals surface area contributed by atoms with E-state index in [4.69, 9.17) is 4.74 Å². The molecule has 0 spiro atoms. The number of hydrogen-bond donors (Lipinski definition) is 1. The van der Waals surface area contributed by atoms with Crippen LogP contribution in [0.15, 0.2) is 91.3 Å². The Labute approximate surface area is 218 Å². The van der Waals surface area contributed by atoms with Crippen LogP contribution in [0, 0.1) is 11.8 Å². The van der Waals surface area contributed by atoms with E-state index in [1.54, 1.807) is 0 Å². The van der Waals surface area contributed by atoms with E-state index >= 15 is 0 Å². The van der Waals surface area contributed by atoms with E-state index < -0.39 is 0 Å². The summed E-state index contributed by atoms with van der Waals surface area (Å²) in [5.41, 5.74) is 6.24. The molecule has 2 aliphatic rings. The molecule has 1 saturated carbocycles. The highest BCUT2D eigenvalue weighted by atomic mass is 79.9. The maximum Gasteiger partial charge on any atom is 0.183 e. The molecule has 3 nitrogen and oxygen atoms in total. The molecule has 1 heterocycles. The topological polar surface area (TPSA) is 24.5 Å². The lowest BCUT2D eigenvalue weighted by Gasteiger charge is -2.21. The third-order valence-electron chi connectivity index (χ3n) is 7.50. The first kappa shape index (κ1) is 24.1. The van der Waals surface area contributed by atoms with E-state index in [0.29, 0.717) is 5.88 Å². The first-order valence-corrected chi connectivity index (χ1v) is 13.9. The van der Waals surface area contributed by atoms with Crippen LogP contribution in [0.3, 0.4) is 0 Å². The summed E-state index contributed by atoms with van der Waals surface area (Å²) in [6, 6.07) is 27.9. The summed E-state index contributed by atoms with van der Waals surface area (Å²) in [5, 5.41) is 4.46. The number of halogens is 1. The number of fused-ring (bicyclic) bond motifs is 1. The number of alkyl halides is 1. The standard InChI is InChI=1S/C31H35BrN2O/c1-23(33-31-10-6-5-9-30(31)26-7-3-2-4-8-26)35-29-19-27-21-34(22-28(27)20-29)18-16-25-13-11-24(12-14-25)15-17-32/h2-14,27-29,33H,1,15-22H2. The van der Waals surface area contributed by atoms with Crippen molar-refractivity contribution in [2.24, 2.45) is 11.8 Å². The number of hydrogen-bond acceptors (Lipinski definition) is 3. The predicted octanol–water partition coefficient (Wildman–Crippen LogP) is 7.14. The van der Waals surface area contributed by atoms with Gasteiger partial charge in [-0.3, -0.25) is 0 Å². The van der Waals surface area contributed by atoms with Crippen molar-refractivity contribution in [3.05, 3.63) is 102 Å². The predicted molar refractivity (Wildman–Crippen MR) is 150 cm³/mol. The second kappa shape index (κ2) is 11.5. The van der Waals surface area contributed by atoms with Gasteiger partial charge in [0.05, 0.1) is 0 Å². The number of ether oxygens (including phenoxy) is 1.